The summed E-state index contributed by atoms with van der Waals surface area (Å²) in [6, 6.07) is 12.6. The second-order valence-corrected chi connectivity index (χ2v) is 6.53. The summed E-state index contributed by atoms with van der Waals surface area (Å²) >= 11 is 0. The van der Waals surface area contributed by atoms with Crippen LogP contribution in [-0.4, -0.2) is 37.4 Å². The van der Waals surface area contributed by atoms with Crippen molar-refractivity contribution in [3.8, 4) is 0 Å². The fourth-order valence-electron chi connectivity index (χ4n) is 2.46. The second kappa shape index (κ2) is 9.71. The highest BCUT2D eigenvalue weighted by molar-refractivity contribution is 5.93. The molecule has 0 saturated heterocycles. The molecule has 6 heteroatoms. The first-order valence-corrected chi connectivity index (χ1v) is 8.98. The van der Waals surface area contributed by atoms with Crippen LogP contribution < -0.4 is 10.6 Å². The van der Waals surface area contributed by atoms with E-state index in [0.717, 1.165) is 17.7 Å². The summed E-state index contributed by atoms with van der Waals surface area (Å²) in [5.74, 6) is 0.426. The van der Waals surface area contributed by atoms with E-state index in [4.69, 9.17) is 0 Å². The van der Waals surface area contributed by atoms with Gasteiger partial charge < -0.3 is 15.5 Å². The molecule has 0 aromatic heterocycles. The van der Waals surface area contributed by atoms with Crippen LogP contribution in [-0.2, 0) is 13.1 Å². The number of carbonyl (C=O) groups is 1. The smallest absolute Gasteiger partial charge is 0.253 e. The number of benzene rings is 2. The van der Waals surface area contributed by atoms with Crippen molar-refractivity contribution in [1.82, 2.24) is 15.5 Å². The van der Waals surface area contributed by atoms with E-state index >= 15 is 0 Å². The standard InChI is InChI=1S/C21H27FN4O/c1-5-23-21(25-14-17-7-6-15(2)19(22)12-17)24-13-16-8-10-18(11-9-16)20(27)26(3)4/h6-12H,5,13-14H2,1-4H3,(H2,23,24,25). The molecular weight excluding hydrogens is 343 g/mol. The van der Waals surface area contributed by atoms with Crippen molar-refractivity contribution >= 4 is 11.9 Å². The van der Waals surface area contributed by atoms with Gasteiger partial charge in [-0.3, -0.25) is 4.79 Å². The molecule has 2 N–H and O–H groups in total. The predicted molar refractivity (Wildman–Crippen MR) is 107 cm³/mol. The van der Waals surface area contributed by atoms with Crippen LogP contribution in [0.5, 0.6) is 0 Å². The van der Waals surface area contributed by atoms with Gasteiger partial charge in [-0.05, 0) is 48.7 Å². The van der Waals surface area contributed by atoms with Crippen molar-refractivity contribution in [2.24, 2.45) is 4.99 Å². The minimum absolute atomic E-state index is 0.0188. The Hall–Kier alpha value is -2.89. The van der Waals surface area contributed by atoms with Crippen LogP contribution in [0.3, 0.4) is 0 Å². The van der Waals surface area contributed by atoms with Gasteiger partial charge in [0.25, 0.3) is 5.91 Å². The Labute approximate surface area is 160 Å². The van der Waals surface area contributed by atoms with Gasteiger partial charge >= 0.3 is 0 Å². The summed E-state index contributed by atoms with van der Waals surface area (Å²) < 4.78 is 13.7. The van der Waals surface area contributed by atoms with E-state index in [1.165, 1.54) is 6.07 Å². The summed E-state index contributed by atoms with van der Waals surface area (Å²) in [4.78, 5) is 18.0. The van der Waals surface area contributed by atoms with Gasteiger partial charge in [0, 0.05) is 32.7 Å². The molecule has 0 atom stereocenters. The van der Waals surface area contributed by atoms with Gasteiger partial charge in [-0.2, -0.15) is 0 Å². The highest BCUT2D eigenvalue weighted by Crippen LogP contribution is 2.10. The normalized spacial score (nSPS) is 11.2. The van der Waals surface area contributed by atoms with Crippen molar-refractivity contribution < 1.29 is 9.18 Å². The molecule has 0 fully saturated rings. The number of nitrogens with one attached hydrogen (secondary N) is 2. The molecule has 2 aromatic rings. The third-order valence-corrected chi connectivity index (χ3v) is 4.07. The number of aryl methyl sites for hydroxylation is 1. The summed E-state index contributed by atoms with van der Waals surface area (Å²) in [5, 5.41) is 6.43. The number of aliphatic imine (C=N–C) groups is 1. The zero-order valence-electron chi connectivity index (χ0n) is 16.3. The molecule has 0 aliphatic heterocycles. The SMILES string of the molecule is CCNC(=NCc1ccc(C)c(F)c1)NCc1ccc(C(=O)N(C)C)cc1. The lowest BCUT2D eigenvalue weighted by Crippen LogP contribution is -2.36. The Morgan fingerprint density at radius 2 is 1.74 bits per heavy atom. The lowest BCUT2D eigenvalue weighted by molar-refractivity contribution is 0.0827. The topological polar surface area (TPSA) is 56.7 Å². The summed E-state index contributed by atoms with van der Waals surface area (Å²) in [6.45, 7) is 5.42. The third kappa shape index (κ3) is 6.09. The highest BCUT2D eigenvalue weighted by atomic mass is 19.1. The molecule has 2 rings (SSSR count). The van der Waals surface area contributed by atoms with Crippen LogP contribution in [0.2, 0.25) is 0 Å². The Morgan fingerprint density at radius 1 is 1.07 bits per heavy atom. The first-order valence-electron chi connectivity index (χ1n) is 8.98. The average Bonchev–Trinajstić information content (AvgIpc) is 2.66. The Morgan fingerprint density at radius 3 is 2.33 bits per heavy atom. The first-order chi connectivity index (χ1) is 12.9. The van der Waals surface area contributed by atoms with Crippen LogP contribution in [0.1, 0.15) is 34.0 Å². The van der Waals surface area contributed by atoms with Gasteiger partial charge in [-0.25, -0.2) is 9.38 Å². The van der Waals surface area contributed by atoms with Crippen LogP contribution in [0.4, 0.5) is 4.39 Å². The fraction of sp³-hybridized carbons (Fsp3) is 0.333. The minimum Gasteiger partial charge on any atom is -0.357 e. The molecule has 0 aliphatic rings. The number of rotatable bonds is 6. The van der Waals surface area contributed by atoms with E-state index in [1.54, 1.807) is 32.0 Å². The largest absolute Gasteiger partial charge is 0.357 e. The number of hydrogen-bond donors (Lipinski definition) is 2. The van der Waals surface area contributed by atoms with Crippen molar-refractivity contribution in [1.29, 1.82) is 0 Å². The Balaban J connectivity index is 1.99. The van der Waals surface area contributed by atoms with Crippen LogP contribution in [0, 0.1) is 12.7 Å². The zero-order valence-corrected chi connectivity index (χ0v) is 16.3. The maximum atomic E-state index is 13.7. The molecule has 2 aromatic carbocycles. The van der Waals surface area contributed by atoms with E-state index < -0.39 is 0 Å². The fourth-order valence-corrected chi connectivity index (χ4v) is 2.46. The zero-order chi connectivity index (χ0) is 19.8. The molecule has 144 valence electrons. The average molecular weight is 370 g/mol. The van der Waals surface area contributed by atoms with E-state index in [0.29, 0.717) is 30.2 Å². The minimum atomic E-state index is -0.215. The monoisotopic (exact) mass is 370 g/mol. The quantitative estimate of drug-likeness (QED) is 0.607. The van der Waals surface area contributed by atoms with E-state index in [9.17, 15) is 9.18 Å². The van der Waals surface area contributed by atoms with Gasteiger partial charge in [0.2, 0.25) is 0 Å². The van der Waals surface area contributed by atoms with E-state index in [1.807, 2.05) is 37.3 Å². The molecule has 0 spiro atoms. The molecule has 1 amide bonds. The Kier molecular flexibility index (Phi) is 7.34. The van der Waals surface area contributed by atoms with E-state index in [-0.39, 0.29) is 11.7 Å². The first kappa shape index (κ1) is 20.4. The van der Waals surface area contributed by atoms with Crippen LogP contribution in [0.15, 0.2) is 47.5 Å². The molecule has 0 bridgehead atoms. The second-order valence-electron chi connectivity index (χ2n) is 6.53. The molecule has 0 saturated carbocycles. The van der Waals surface area contributed by atoms with E-state index in [2.05, 4.69) is 15.6 Å². The number of amides is 1. The van der Waals surface area contributed by atoms with Crippen molar-refractivity contribution in [2.45, 2.75) is 26.9 Å². The number of carbonyl (C=O) groups excluding carboxylic acids is 1. The van der Waals surface area contributed by atoms with Crippen molar-refractivity contribution in [2.75, 3.05) is 20.6 Å². The van der Waals surface area contributed by atoms with Gasteiger partial charge in [0.15, 0.2) is 5.96 Å². The van der Waals surface area contributed by atoms with Crippen LogP contribution in [0.25, 0.3) is 0 Å². The predicted octanol–water partition coefficient (Wildman–Crippen LogP) is 3.09. The van der Waals surface area contributed by atoms with Gasteiger partial charge in [-0.15, -0.1) is 0 Å². The lowest BCUT2D eigenvalue weighted by Gasteiger charge is -2.13. The number of hydrogen-bond acceptors (Lipinski definition) is 2. The van der Waals surface area contributed by atoms with Gasteiger partial charge in [-0.1, -0.05) is 24.3 Å². The lowest BCUT2D eigenvalue weighted by atomic mass is 10.1. The molecule has 0 heterocycles. The highest BCUT2D eigenvalue weighted by Gasteiger charge is 2.07. The summed E-state index contributed by atoms with van der Waals surface area (Å²) in [5.41, 5.74) is 3.15. The molecule has 27 heavy (non-hydrogen) atoms. The van der Waals surface area contributed by atoms with Crippen molar-refractivity contribution in [3.63, 3.8) is 0 Å². The maximum absolute atomic E-state index is 13.7. The number of guanidine groups is 1. The number of halogens is 1. The van der Waals surface area contributed by atoms with Crippen LogP contribution >= 0.6 is 0 Å². The molecule has 0 aliphatic carbocycles. The summed E-state index contributed by atoms with van der Waals surface area (Å²) in [7, 11) is 3.47. The molecular formula is C21H27FN4O. The third-order valence-electron chi connectivity index (χ3n) is 4.07. The molecule has 0 unspecified atom stereocenters. The summed E-state index contributed by atoms with van der Waals surface area (Å²) in [6.07, 6.45) is 0. The van der Waals surface area contributed by atoms with Gasteiger partial charge in [0.1, 0.15) is 5.82 Å². The van der Waals surface area contributed by atoms with Crippen molar-refractivity contribution in [3.05, 3.63) is 70.5 Å². The molecule has 0 radical (unpaired) electrons. The van der Waals surface area contributed by atoms with Gasteiger partial charge in [0.05, 0.1) is 6.54 Å². The number of nitrogens with zero attached hydrogens (tertiary/aromatic N) is 2. The Bertz CT molecular complexity index is 800. The molecule has 5 nitrogen and oxygen atoms in total. The maximum Gasteiger partial charge on any atom is 0.253 e.